The van der Waals surface area contributed by atoms with Crippen molar-refractivity contribution in [1.29, 1.82) is 0 Å². The van der Waals surface area contributed by atoms with Gasteiger partial charge in [-0.15, -0.1) is 0 Å². The van der Waals surface area contributed by atoms with E-state index >= 15 is 0 Å². The molecule has 4 nitrogen and oxygen atoms in total. The van der Waals surface area contributed by atoms with Gasteiger partial charge < -0.3 is 5.73 Å². The van der Waals surface area contributed by atoms with Crippen molar-refractivity contribution in [1.82, 2.24) is 4.90 Å². The highest BCUT2D eigenvalue weighted by atomic mass is 16.2. The fraction of sp³-hybridized carbons (Fsp3) is 0.750. The molecule has 2 N–H and O–H groups in total. The van der Waals surface area contributed by atoms with Gasteiger partial charge in [0, 0.05) is 12.3 Å². The smallest absolute Gasteiger partial charge is 0.338 e. The van der Waals surface area contributed by atoms with Crippen molar-refractivity contribution in [2.45, 2.75) is 26.8 Å². The van der Waals surface area contributed by atoms with E-state index in [-0.39, 0.29) is 6.04 Å². The lowest BCUT2D eigenvalue weighted by Gasteiger charge is -2.22. The molecule has 0 aromatic heterocycles. The number of rotatable bonds is 4. The van der Waals surface area contributed by atoms with Crippen LogP contribution in [0.3, 0.4) is 0 Å². The predicted molar refractivity (Wildman–Crippen MR) is 50.5 cm³/mol. The number of hydrogen-bond donors (Lipinski definition) is 1. The Kier molecular flexibility index (Phi) is 5.28. The van der Waals surface area contributed by atoms with E-state index in [0.717, 1.165) is 13.1 Å². The van der Waals surface area contributed by atoms with Crippen LogP contribution >= 0.6 is 0 Å². The van der Waals surface area contributed by atoms with Crippen LogP contribution in [0.1, 0.15) is 20.8 Å². The second-order valence-electron chi connectivity index (χ2n) is 2.58. The van der Waals surface area contributed by atoms with Crippen LogP contribution in [0.25, 0.3) is 0 Å². The van der Waals surface area contributed by atoms with Crippen LogP contribution in [0.15, 0.2) is 4.99 Å². The molecule has 0 aliphatic carbocycles. The molecule has 0 bridgehead atoms. The second-order valence-corrected chi connectivity index (χ2v) is 2.58. The zero-order chi connectivity index (χ0) is 9.56. The van der Waals surface area contributed by atoms with Gasteiger partial charge in [-0.1, -0.05) is 13.8 Å². The van der Waals surface area contributed by atoms with Gasteiger partial charge in [-0.25, -0.2) is 9.79 Å². The van der Waals surface area contributed by atoms with Crippen LogP contribution in [0.4, 0.5) is 4.79 Å². The maximum absolute atomic E-state index is 10.3. The van der Waals surface area contributed by atoms with E-state index in [1.807, 2.05) is 6.92 Å². The first-order valence-corrected chi connectivity index (χ1v) is 4.19. The van der Waals surface area contributed by atoms with Crippen LogP contribution in [-0.4, -0.2) is 36.3 Å². The van der Waals surface area contributed by atoms with Crippen molar-refractivity contribution < 1.29 is 4.79 Å². The molecule has 0 aromatic carbocycles. The number of hydrogen-bond acceptors (Lipinski definition) is 2. The first-order chi connectivity index (χ1) is 5.61. The Morgan fingerprint density at radius 1 is 1.58 bits per heavy atom. The Labute approximate surface area is 73.5 Å². The SMILES string of the molecule is CCN(CC)C(C)C=NC(N)=O. The number of nitrogens with zero attached hydrogens (tertiary/aromatic N) is 2. The molecule has 0 radical (unpaired) electrons. The molecule has 0 fully saturated rings. The first-order valence-electron chi connectivity index (χ1n) is 4.19. The Bertz CT molecular complexity index is 164. The normalized spacial score (nSPS) is 14.0. The van der Waals surface area contributed by atoms with E-state index in [2.05, 4.69) is 23.7 Å². The van der Waals surface area contributed by atoms with Crippen molar-refractivity contribution in [3.63, 3.8) is 0 Å². The average Bonchev–Trinajstić information content (AvgIpc) is 2.03. The molecule has 1 atom stereocenters. The minimum absolute atomic E-state index is 0.174. The molecule has 0 saturated carbocycles. The number of primary amides is 1. The molecule has 4 heteroatoms. The summed E-state index contributed by atoms with van der Waals surface area (Å²) in [5.74, 6) is 0. The predicted octanol–water partition coefficient (Wildman–Crippen LogP) is 0.866. The molecule has 0 saturated heterocycles. The highest BCUT2D eigenvalue weighted by molar-refractivity contribution is 5.83. The second kappa shape index (κ2) is 5.71. The summed E-state index contributed by atoms with van der Waals surface area (Å²) in [6.07, 6.45) is 1.58. The molecule has 0 heterocycles. The summed E-state index contributed by atoms with van der Waals surface area (Å²) in [7, 11) is 0. The number of urea groups is 1. The maximum atomic E-state index is 10.3. The van der Waals surface area contributed by atoms with E-state index < -0.39 is 6.03 Å². The topological polar surface area (TPSA) is 58.7 Å². The lowest BCUT2D eigenvalue weighted by Crippen LogP contribution is -2.34. The van der Waals surface area contributed by atoms with Crippen LogP contribution in [0.2, 0.25) is 0 Å². The van der Waals surface area contributed by atoms with E-state index in [0.29, 0.717) is 0 Å². The summed E-state index contributed by atoms with van der Waals surface area (Å²) in [5.41, 5.74) is 4.87. The van der Waals surface area contributed by atoms with Crippen molar-refractivity contribution in [3.8, 4) is 0 Å². The van der Waals surface area contributed by atoms with Crippen LogP contribution in [-0.2, 0) is 0 Å². The van der Waals surface area contributed by atoms with E-state index in [1.165, 1.54) is 0 Å². The molecule has 0 aliphatic rings. The van der Waals surface area contributed by atoms with Gasteiger partial charge in [0.15, 0.2) is 0 Å². The zero-order valence-corrected chi connectivity index (χ0v) is 7.95. The van der Waals surface area contributed by atoms with Crippen molar-refractivity contribution in [3.05, 3.63) is 0 Å². The average molecular weight is 171 g/mol. The number of carbonyl (C=O) groups excluding carboxylic acids is 1. The minimum Gasteiger partial charge on any atom is -0.350 e. The van der Waals surface area contributed by atoms with Crippen LogP contribution < -0.4 is 5.73 Å². The van der Waals surface area contributed by atoms with Gasteiger partial charge in [0.2, 0.25) is 0 Å². The lowest BCUT2D eigenvalue weighted by atomic mass is 10.3. The number of nitrogens with two attached hydrogens (primary N) is 1. The molecule has 0 spiro atoms. The largest absolute Gasteiger partial charge is 0.350 e. The molecule has 0 aromatic rings. The third kappa shape index (κ3) is 4.08. The fourth-order valence-electron chi connectivity index (χ4n) is 1.08. The molecule has 2 amide bonds. The summed E-state index contributed by atoms with van der Waals surface area (Å²) >= 11 is 0. The summed E-state index contributed by atoms with van der Waals surface area (Å²) in [4.78, 5) is 16.0. The van der Waals surface area contributed by atoms with Crippen molar-refractivity contribution in [2.24, 2.45) is 10.7 Å². The van der Waals surface area contributed by atoms with E-state index in [9.17, 15) is 4.79 Å². The zero-order valence-electron chi connectivity index (χ0n) is 7.95. The molecular weight excluding hydrogens is 154 g/mol. The third-order valence-electron chi connectivity index (χ3n) is 1.81. The van der Waals surface area contributed by atoms with E-state index in [4.69, 9.17) is 5.73 Å². The highest BCUT2D eigenvalue weighted by Gasteiger charge is 2.06. The van der Waals surface area contributed by atoms with Crippen molar-refractivity contribution >= 4 is 12.2 Å². The van der Waals surface area contributed by atoms with Gasteiger partial charge in [-0.3, -0.25) is 4.90 Å². The standard InChI is InChI=1S/C8H17N3O/c1-4-11(5-2)7(3)6-10-8(9)12/h6-7H,4-5H2,1-3H3,(H2,9,12). The highest BCUT2D eigenvalue weighted by Crippen LogP contribution is 1.94. The Balaban J connectivity index is 3.99. The summed E-state index contributed by atoms with van der Waals surface area (Å²) in [5, 5.41) is 0. The number of carbonyl (C=O) groups is 1. The molecule has 0 rings (SSSR count). The Hall–Kier alpha value is -0.900. The van der Waals surface area contributed by atoms with Gasteiger partial charge in [0.05, 0.1) is 0 Å². The first kappa shape index (κ1) is 11.1. The molecular formula is C8H17N3O. The van der Waals surface area contributed by atoms with Crippen LogP contribution in [0, 0.1) is 0 Å². The fourth-order valence-corrected chi connectivity index (χ4v) is 1.08. The number of aliphatic imine (C=N–C) groups is 1. The third-order valence-corrected chi connectivity index (χ3v) is 1.81. The van der Waals surface area contributed by atoms with Crippen LogP contribution in [0.5, 0.6) is 0 Å². The van der Waals surface area contributed by atoms with Gasteiger partial charge >= 0.3 is 6.03 Å². The summed E-state index contributed by atoms with van der Waals surface area (Å²) in [6.45, 7) is 8.01. The quantitative estimate of drug-likeness (QED) is 0.638. The number of amides is 2. The lowest BCUT2D eigenvalue weighted by molar-refractivity contribution is 0.256. The van der Waals surface area contributed by atoms with Gasteiger partial charge in [-0.05, 0) is 20.0 Å². The van der Waals surface area contributed by atoms with Gasteiger partial charge in [0.1, 0.15) is 0 Å². The molecule has 70 valence electrons. The Morgan fingerprint density at radius 3 is 2.42 bits per heavy atom. The summed E-state index contributed by atoms with van der Waals surface area (Å²) < 4.78 is 0. The van der Waals surface area contributed by atoms with Gasteiger partial charge in [-0.2, -0.15) is 0 Å². The molecule has 12 heavy (non-hydrogen) atoms. The van der Waals surface area contributed by atoms with E-state index in [1.54, 1.807) is 6.21 Å². The monoisotopic (exact) mass is 171 g/mol. The summed E-state index contributed by atoms with van der Waals surface area (Å²) in [6, 6.07) is -0.457. The maximum Gasteiger partial charge on any atom is 0.338 e. The molecule has 1 unspecified atom stereocenters. The van der Waals surface area contributed by atoms with Crippen molar-refractivity contribution in [2.75, 3.05) is 13.1 Å². The Morgan fingerprint density at radius 2 is 2.08 bits per heavy atom. The van der Waals surface area contributed by atoms with Gasteiger partial charge in [0.25, 0.3) is 0 Å². The molecule has 0 aliphatic heterocycles. The minimum atomic E-state index is -0.631.